The number of carbonyl (C=O) groups is 2. The molecule has 2 N–H and O–H groups in total. The number of carbonyl (C=O) groups excluding carboxylic acids is 2. The highest BCUT2D eigenvalue weighted by molar-refractivity contribution is 6.31. The molecule has 0 radical (unpaired) electrons. The van der Waals surface area contributed by atoms with Crippen LogP contribution in [0.3, 0.4) is 0 Å². The molecule has 2 aromatic carbocycles. The Morgan fingerprint density at radius 3 is 2.67 bits per heavy atom. The van der Waals surface area contributed by atoms with Crippen LogP contribution in [0.25, 0.3) is 10.9 Å². The van der Waals surface area contributed by atoms with E-state index in [1.807, 2.05) is 48.5 Å². The number of benzene rings is 2. The molecule has 3 aromatic rings. The van der Waals surface area contributed by atoms with Crippen LogP contribution in [0.15, 0.2) is 48.5 Å². The summed E-state index contributed by atoms with van der Waals surface area (Å²) in [5, 5.41) is 11.1. The molecular weight excluding hydrogens is 402 g/mol. The molecule has 1 aromatic heterocycles. The number of aromatic amines is 1. The number of para-hydroxylation sites is 1. The summed E-state index contributed by atoms with van der Waals surface area (Å²) in [7, 11) is 0. The lowest BCUT2D eigenvalue weighted by molar-refractivity contribution is -0.166. The summed E-state index contributed by atoms with van der Waals surface area (Å²) in [6, 6.07) is 15.6. The number of halogens is 1. The Balaban J connectivity index is 1.78. The van der Waals surface area contributed by atoms with Crippen molar-refractivity contribution < 1.29 is 14.7 Å². The Morgan fingerprint density at radius 1 is 1.17 bits per heavy atom. The van der Waals surface area contributed by atoms with Crippen LogP contribution in [-0.2, 0) is 15.1 Å². The molecule has 30 heavy (non-hydrogen) atoms. The number of fused-ring (bicyclic) bond motifs is 5. The minimum absolute atomic E-state index is 0.0280. The summed E-state index contributed by atoms with van der Waals surface area (Å²) >= 11 is 6.56. The third kappa shape index (κ3) is 2.53. The largest absolute Gasteiger partial charge is 0.395 e. The van der Waals surface area contributed by atoms with Gasteiger partial charge in [0.25, 0.3) is 5.91 Å². The maximum atomic E-state index is 13.5. The topological polar surface area (TPSA) is 76.6 Å². The van der Waals surface area contributed by atoms with E-state index in [1.165, 1.54) is 4.90 Å². The van der Waals surface area contributed by atoms with Crippen molar-refractivity contribution in [1.82, 2.24) is 14.8 Å². The number of piperazine rings is 1. The molecule has 1 fully saturated rings. The van der Waals surface area contributed by atoms with Crippen molar-refractivity contribution in [3.8, 4) is 0 Å². The molecule has 2 atom stereocenters. The van der Waals surface area contributed by atoms with Gasteiger partial charge in [-0.05, 0) is 30.2 Å². The second-order valence-corrected chi connectivity index (χ2v) is 8.47. The molecule has 0 saturated carbocycles. The van der Waals surface area contributed by atoms with Gasteiger partial charge in [-0.1, -0.05) is 48.0 Å². The number of amides is 2. The summed E-state index contributed by atoms with van der Waals surface area (Å²) in [6.45, 7) is 2.09. The number of hydrogen-bond donors (Lipinski definition) is 2. The molecular formula is C23H22ClN3O3. The number of nitrogens with zero attached hydrogens (tertiary/aromatic N) is 2. The lowest BCUT2D eigenvalue weighted by Crippen LogP contribution is -2.67. The summed E-state index contributed by atoms with van der Waals surface area (Å²) in [5.74, 6) is -0.465. The highest BCUT2D eigenvalue weighted by Crippen LogP contribution is 2.48. The van der Waals surface area contributed by atoms with Gasteiger partial charge in [0.15, 0.2) is 5.54 Å². The number of hydrogen-bond acceptors (Lipinski definition) is 3. The number of rotatable bonds is 3. The zero-order valence-electron chi connectivity index (χ0n) is 16.6. The number of H-pyrrole nitrogens is 1. The van der Waals surface area contributed by atoms with Crippen LogP contribution in [0, 0.1) is 0 Å². The van der Waals surface area contributed by atoms with Crippen LogP contribution in [0.5, 0.6) is 0 Å². The second kappa shape index (κ2) is 6.86. The van der Waals surface area contributed by atoms with E-state index in [0.29, 0.717) is 11.6 Å². The minimum Gasteiger partial charge on any atom is -0.395 e. The average molecular weight is 424 g/mol. The van der Waals surface area contributed by atoms with Gasteiger partial charge < -0.3 is 19.9 Å². The first-order chi connectivity index (χ1) is 14.5. The molecule has 0 spiro atoms. The van der Waals surface area contributed by atoms with Gasteiger partial charge in [-0.2, -0.15) is 0 Å². The lowest BCUT2D eigenvalue weighted by atomic mass is 9.76. The van der Waals surface area contributed by atoms with E-state index in [1.54, 1.807) is 11.8 Å². The quantitative estimate of drug-likeness (QED) is 0.680. The van der Waals surface area contributed by atoms with Crippen molar-refractivity contribution in [3.63, 3.8) is 0 Å². The first-order valence-corrected chi connectivity index (χ1v) is 10.4. The van der Waals surface area contributed by atoms with Gasteiger partial charge in [-0.15, -0.1) is 0 Å². The average Bonchev–Trinajstić information content (AvgIpc) is 3.14. The molecule has 1 saturated heterocycles. The fourth-order valence-corrected chi connectivity index (χ4v) is 5.28. The maximum absolute atomic E-state index is 13.5. The Hall–Kier alpha value is -2.83. The van der Waals surface area contributed by atoms with E-state index in [4.69, 9.17) is 11.6 Å². The number of nitrogens with one attached hydrogen (secondary N) is 1. The predicted octanol–water partition coefficient (Wildman–Crippen LogP) is 2.85. The third-order valence-corrected chi connectivity index (χ3v) is 6.81. The van der Waals surface area contributed by atoms with Crippen molar-refractivity contribution in [2.24, 2.45) is 0 Å². The van der Waals surface area contributed by atoms with Crippen molar-refractivity contribution in [2.45, 2.75) is 18.4 Å². The number of aliphatic hydroxyl groups is 1. The Bertz CT molecular complexity index is 1170. The lowest BCUT2D eigenvalue weighted by Gasteiger charge is -2.51. The van der Waals surface area contributed by atoms with E-state index in [2.05, 4.69) is 4.98 Å². The summed E-state index contributed by atoms with van der Waals surface area (Å²) in [4.78, 5) is 33.3. The normalized spacial score (nSPS) is 23.6. The van der Waals surface area contributed by atoms with Crippen LogP contribution < -0.4 is 0 Å². The van der Waals surface area contributed by atoms with Crippen molar-refractivity contribution in [1.29, 1.82) is 0 Å². The standard InChI is InChI=1S/C23H22ClN3O3/c1-23-21-20(15-7-3-5-9-18(15)25-21)16(14-6-2-4-8-17(14)24)12-27(23)19(29)13-26(10-11-28)22(23)30/h2-9,16,25,28H,10-13H2,1H3. The van der Waals surface area contributed by atoms with Gasteiger partial charge in [-0.3, -0.25) is 9.59 Å². The molecule has 2 unspecified atom stereocenters. The Morgan fingerprint density at radius 2 is 1.90 bits per heavy atom. The zero-order valence-corrected chi connectivity index (χ0v) is 17.3. The van der Waals surface area contributed by atoms with Gasteiger partial charge in [0.1, 0.15) is 0 Å². The molecule has 2 aliphatic heterocycles. The highest BCUT2D eigenvalue weighted by atomic mass is 35.5. The van der Waals surface area contributed by atoms with E-state index >= 15 is 0 Å². The van der Waals surface area contributed by atoms with Gasteiger partial charge in [0.2, 0.25) is 5.91 Å². The van der Waals surface area contributed by atoms with Crippen LogP contribution in [-0.4, -0.2) is 57.9 Å². The van der Waals surface area contributed by atoms with Crippen LogP contribution in [0.4, 0.5) is 0 Å². The number of β-amino-alcohol motifs (C(OH)–C–C–N with tert-alkyl or cyclic N) is 1. The van der Waals surface area contributed by atoms with E-state index < -0.39 is 5.54 Å². The summed E-state index contributed by atoms with van der Waals surface area (Å²) in [6.07, 6.45) is 0. The summed E-state index contributed by atoms with van der Waals surface area (Å²) in [5.41, 5.74) is 2.43. The molecule has 7 heteroatoms. The first kappa shape index (κ1) is 19.2. The molecule has 2 aliphatic rings. The Kier molecular flexibility index (Phi) is 4.38. The molecule has 5 rings (SSSR count). The third-order valence-electron chi connectivity index (χ3n) is 6.47. The van der Waals surface area contributed by atoms with Gasteiger partial charge in [0, 0.05) is 34.9 Å². The van der Waals surface area contributed by atoms with Crippen molar-refractivity contribution in [2.75, 3.05) is 26.2 Å². The minimum atomic E-state index is -1.16. The monoisotopic (exact) mass is 423 g/mol. The van der Waals surface area contributed by atoms with E-state index in [-0.39, 0.29) is 37.4 Å². The maximum Gasteiger partial charge on any atom is 0.255 e. The fraction of sp³-hybridized carbons (Fsp3) is 0.304. The molecule has 3 heterocycles. The summed E-state index contributed by atoms with van der Waals surface area (Å²) < 4.78 is 0. The zero-order chi connectivity index (χ0) is 21.0. The number of aromatic nitrogens is 1. The SMILES string of the molecule is CC12C(=O)N(CCO)CC(=O)N1CC(c1ccccc1Cl)c1c2[nH]c2ccccc12. The number of aliphatic hydroxyl groups excluding tert-OH is 1. The van der Waals surface area contributed by atoms with Gasteiger partial charge in [0.05, 0.1) is 18.8 Å². The fourth-order valence-electron chi connectivity index (χ4n) is 5.02. The van der Waals surface area contributed by atoms with Crippen molar-refractivity contribution >= 4 is 34.3 Å². The first-order valence-electron chi connectivity index (χ1n) is 10.0. The molecule has 6 nitrogen and oxygen atoms in total. The van der Waals surface area contributed by atoms with Crippen LogP contribution in [0.2, 0.25) is 5.02 Å². The second-order valence-electron chi connectivity index (χ2n) is 8.06. The predicted molar refractivity (Wildman–Crippen MR) is 114 cm³/mol. The van der Waals surface area contributed by atoms with E-state index in [0.717, 1.165) is 27.7 Å². The Labute approximate surface area is 179 Å². The highest BCUT2D eigenvalue weighted by Gasteiger charge is 2.56. The van der Waals surface area contributed by atoms with Crippen LogP contribution >= 0.6 is 11.6 Å². The van der Waals surface area contributed by atoms with Crippen LogP contribution in [0.1, 0.15) is 29.7 Å². The molecule has 0 aliphatic carbocycles. The van der Waals surface area contributed by atoms with Crippen molar-refractivity contribution in [3.05, 3.63) is 70.4 Å². The molecule has 2 amide bonds. The molecule has 0 bridgehead atoms. The van der Waals surface area contributed by atoms with Gasteiger partial charge >= 0.3 is 0 Å². The molecule has 154 valence electrons. The van der Waals surface area contributed by atoms with E-state index in [9.17, 15) is 14.7 Å². The van der Waals surface area contributed by atoms with Gasteiger partial charge in [-0.25, -0.2) is 0 Å². The smallest absolute Gasteiger partial charge is 0.255 e.